The largest absolute Gasteiger partial charge is 0.481 e. The van der Waals surface area contributed by atoms with Gasteiger partial charge in [0, 0.05) is 38.8 Å². The quantitative estimate of drug-likeness (QED) is 0.788. The Morgan fingerprint density at radius 3 is 2.73 bits per heavy atom. The summed E-state index contributed by atoms with van der Waals surface area (Å²) in [5.41, 5.74) is 0. The van der Waals surface area contributed by atoms with Crippen LogP contribution in [0.15, 0.2) is 4.52 Å². The van der Waals surface area contributed by atoms with Crippen LogP contribution in [-0.4, -0.2) is 45.6 Å². The van der Waals surface area contributed by atoms with Crippen LogP contribution in [-0.2, 0) is 16.0 Å². The van der Waals surface area contributed by atoms with Crippen LogP contribution in [0.1, 0.15) is 62.6 Å². The number of carbonyl (C=O) groups is 2. The van der Waals surface area contributed by atoms with E-state index in [0.717, 1.165) is 18.7 Å². The van der Waals surface area contributed by atoms with E-state index in [9.17, 15) is 9.59 Å². The normalized spacial score (nSPS) is 15.1. The predicted octanol–water partition coefficient (Wildman–Crippen LogP) is 1.98. The molecule has 0 atom stereocenters. The van der Waals surface area contributed by atoms with Crippen molar-refractivity contribution in [3.05, 3.63) is 11.7 Å². The molecular weight excluding hydrogens is 286 g/mol. The van der Waals surface area contributed by atoms with Crippen molar-refractivity contribution in [2.75, 3.05) is 13.6 Å². The van der Waals surface area contributed by atoms with E-state index in [-0.39, 0.29) is 12.3 Å². The highest BCUT2D eigenvalue weighted by Crippen LogP contribution is 2.32. The van der Waals surface area contributed by atoms with Crippen molar-refractivity contribution in [1.29, 1.82) is 0 Å². The Kier molecular flexibility index (Phi) is 5.91. The fraction of sp³-hybridized carbons (Fsp3) is 0.733. The highest BCUT2D eigenvalue weighted by molar-refractivity contribution is 5.76. The molecule has 7 heteroatoms. The molecule has 1 aromatic heterocycles. The van der Waals surface area contributed by atoms with Gasteiger partial charge in [0.05, 0.1) is 0 Å². The van der Waals surface area contributed by atoms with Gasteiger partial charge in [-0.2, -0.15) is 4.98 Å². The van der Waals surface area contributed by atoms with Crippen LogP contribution in [0.2, 0.25) is 0 Å². The lowest BCUT2D eigenvalue weighted by Crippen LogP contribution is -2.28. The Morgan fingerprint density at radius 2 is 2.05 bits per heavy atom. The van der Waals surface area contributed by atoms with Crippen molar-refractivity contribution in [3.63, 3.8) is 0 Å². The van der Waals surface area contributed by atoms with E-state index in [4.69, 9.17) is 9.63 Å². The van der Waals surface area contributed by atoms with Crippen molar-refractivity contribution < 1.29 is 19.2 Å². The molecule has 2 rings (SSSR count). The van der Waals surface area contributed by atoms with Crippen LogP contribution in [0, 0.1) is 0 Å². The number of nitrogens with zero attached hydrogens (tertiary/aromatic N) is 3. The molecule has 1 N–H and O–H groups in total. The average molecular weight is 309 g/mol. The summed E-state index contributed by atoms with van der Waals surface area (Å²) in [6, 6.07) is 0. The molecular formula is C15H23N3O4. The van der Waals surface area contributed by atoms with Crippen LogP contribution >= 0.6 is 0 Å². The number of carboxylic acids is 1. The lowest BCUT2D eigenvalue weighted by Gasteiger charge is -2.15. The summed E-state index contributed by atoms with van der Waals surface area (Å²) in [6.45, 7) is 0.447. The second kappa shape index (κ2) is 7.91. The first-order valence-corrected chi connectivity index (χ1v) is 7.84. The lowest BCUT2D eigenvalue weighted by molar-refractivity contribution is -0.138. The maximum atomic E-state index is 11.9. The molecule has 1 fully saturated rings. The summed E-state index contributed by atoms with van der Waals surface area (Å²) < 4.78 is 5.21. The minimum Gasteiger partial charge on any atom is -0.481 e. The zero-order valence-electron chi connectivity index (χ0n) is 13.0. The monoisotopic (exact) mass is 309 g/mol. The molecule has 1 aliphatic carbocycles. The summed E-state index contributed by atoms with van der Waals surface area (Å²) in [4.78, 5) is 28.3. The Balaban J connectivity index is 1.72. The van der Waals surface area contributed by atoms with E-state index in [2.05, 4.69) is 10.1 Å². The van der Waals surface area contributed by atoms with E-state index in [1.807, 2.05) is 0 Å². The lowest BCUT2D eigenvalue weighted by atomic mass is 10.1. The molecule has 0 radical (unpaired) electrons. The van der Waals surface area contributed by atoms with Crippen LogP contribution in [0.25, 0.3) is 0 Å². The van der Waals surface area contributed by atoms with Crippen molar-refractivity contribution in [2.24, 2.45) is 0 Å². The van der Waals surface area contributed by atoms with E-state index in [0.29, 0.717) is 37.6 Å². The number of carboxylic acid groups (broad SMARTS) is 1. The number of aromatic nitrogens is 2. The predicted molar refractivity (Wildman–Crippen MR) is 78.3 cm³/mol. The Morgan fingerprint density at radius 1 is 1.32 bits per heavy atom. The SMILES string of the molecule is CN(CCCC(=O)O)C(=O)CCc1nc(C2CCCC2)no1. The molecule has 0 saturated heterocycles. The third kappa shape index (κ3) is 4.82. The van der Waals surface area contributed by atoms with E-state index in [1.165, 1.54) is 12.8 Å². The van der Waals surface area contributed by atoms with Gasteiger partial charge in [-0.1, -0.05) is 18.0 Å². The van der Waals surface area contributed by atoms with Gasteiger partial charge < -0.3 is 14.5 Å². The smallest absolute Gasteiger partial charge is 0.303 e. The van der Waals surface area contributed by atoms with Gasteiger partial charge in [0.15, 0.2) is 5.82 Å². The summed E-state index contributed by atoms with van der Waals surface area (Å²) in [7, 11) is 1.68. The Bertz CT molecular complexity index is 509. The van der Waals surface area contributed by atoms with Crippen molar-refractivity contribution in [3.8, 4) is 0 Å². The molecule has 0 aromatic carbocycles. The molecule has 1 aliphatic rings. The zero-order valence-corrected chi connectivity index (χ0v) is 13.0. The van der Waals surface area contributed by atoms with E-state index in [1.54, 1.807) is 11.9 Å². The van der Waals surface area contributed by atoms with Crippen LogP contribution in [0.5, 0.6) is 0 Å². The maximum absolute atomic E-state index is 11.9. The Labute approximate surface area is 129 Å². The standard InChI is InChI=1S/C15H23N3O4/c1-18(10-4-7-14(20)21)13(19)9-8-12-16-15(17-22-12)11-5-2-3-6-11/h11H,2-10H2,1H3,(H,20,21). The second-order valence-corrected chi connectivity index (χ2v) is 5.84. The van der Waals surface area contributed by atoms with E-state index < -0.39 is 5.97 Å². The Hall–Kier alpha value is -1.92. The summed E-state index contributed by atoms with van der Waals surface area (Å²) in [5, 5.41) is 12.6. The number of hydrogen-bond donors (Lipinski definition) is 1. The van der Waals surface area contributed by atoms with Gasteiger partial charge in [0.2, 0.25) is 11.8 Å². The van der Waals surface area contributed by atoms with Gasteiger partial charge in [0.25, 0.3) is 0 Å². The number of rotatable bonds is 8. The van der Waals surface area contributed by atoms with Gasteiger partial charge in [-0.25, -0.2) is 0 Å². The second-order valence-electron chi connectivity index (χ2n) is 5.84. The molecule has 0 aliphatic heterocycles. The molecule has 122 valence electrons. The fourth-order valence-corrected chi connectivity index (χ4v) is 2.72. The van der Waals surface area contributed by atoms with Crippen molar-refractivity contribution in [2.45, 2.75) is 57.3 Å². The highest BCUT2D eigenvalue weighted by atomic mass is 16.5. The molecule has 1 saturated carbocycles. The average Bonchev–Trinajstić information content (AvgIpc) is 3.14. The number of aliphatic carboxylic acids is 1. The zero-order chi connectivity index (χ0) is 15.9. The first-order chi connectivity index (χ1) is 10.6. The van der Waals surface area contributed by atoms with Gasteiger partial charge >= 0.3 is 5.97 Å². The van der Waals surface area contributed by atoms with Gasteiger partial charge in [-0.3, -0.25) is 9.59 Å². The fourth-order valence-electron chi connectivity index (χ4n) is 2.72. The summed E-state index contributed by atoms with van der Waals surface area (Å²) in [6.07, 6.45) is 5.93. The topological polar surface area (TPSA) is 96.5 Å². The minimum absolute atomic E-state index is 0.0361. The van der Waals surface area contributed by atoms with Crippen LogP contribution in [0.4, 0.5) is 0 Å². The first-order valence-electron chi connectivity index (χ1n) is 7.84. The van der Waals surface area contributed by atoms with Crippen molar-refractivity contribution in [1.82, 2.24) is 15.0 Å². The molecule has 0 unspecified atom stereocenters. The van der Waals surface area contributed by atoms with E-state index >= 15 is 0 Å². The molecule has 0 bridgehead atoms. The maximum Gasteiger partial charge on any atom is 0.303 e. The molecule has 1 amide bonds. The van der Waals surface area contributed by atoms with Crippen molar-refractivity contribution >= 4 is 11.9 Å². The minimum atomic E-state index is -0.842. The molecule has 22 heavy (non-hydrogen) atoms. The van der Waals surface area contributed by atoms with Crippen LogP contribution in [0.3, 0.4) is 0 Å². The molecule has 1 heterocycles. The third-order valence-electron chi connectivity index (χ3n) is 4.07. The van der Waals surface area contributed by atoms with Crippen LogP contribution < -0.4 is 0 Å². The molecule has 0 spiro atoms. The summed E-state index contributed by atoms with van der Waals surface area (Å²) >= 11 is 0. The number of carbonyl (C=O) groups excluding carboxylic acids is 1. The molecule has 7 nitrogen and oxygen atoms in total. The number of aryl methyl sites for hydroxylation is 1. The summed E-state index contributed by atoms with van der Waals surface area (Å²) in [5.74, 6) is 0.813. The first kappa shape index (κ1) is 16.5. The van der Waals surface area contributed by atoms with Gasteiger partial charge in [-0.15, -0.1) is 0 Å². The highest BCUT2D eigenvalue weighted by Gasteiger charge is 2.22. The number of hydrogen-bond acceptors (Lipinski definition) is 5. The third-order valence-corrected chi connectivity index (χ3v) is 4.07. The number of amides is 1. The van der Waals surface area contributed by atoms with Gasteiger partial charge in [0.1, 0.15) is 0 Å². The molecule has 1 aromatic rings. The van der Waals surface area contributed by atoms with Gasteiger partial charge in [-0.05, 0) is 19.3 Å².